The van der Waals surface area contributed by atoms with Crippen molar-refractivity contribution in [1.82, 2.24) is 5.32 Å². The topological polar surface area (TPSA) is 66.4 Å². The SMILES string of the molecule is C=CCC(=O)C(=O)NCO. The molecule has 1 amide bonds. The molecule has 0 aliphatic carbocycles. The maximum absolute atomic E-state index is 10.5. The van der Waals surface area contributed by atoms with E-state index < -0.39 is 18.4 Å². The molecule has 4 heteroatoms. The number of ketones is 1. The van der Waals surface area contributed by atoms with Crippen LogP contribution in [0, 0.1) is 0 Å². The molecule has 0 aliphatic heterocycles. The van der Waals surface area contributed by atoms with Gasteiger partial charge in [-0.05, 0) is 0 Å². The summed E-state index contributed by atoms with van der Waals surface area (Å²) in [5.74, 6) is -1.37. The monoisotopic (exact) mass is 143 g/mol. The first-order chi connectivity index (χ1) is 4.72. The number of hydrogen-bond acceptors (Lipinski definition) is 3. The van der Waals surface area contributed by atoms with Gasteiger partial charge >= 0.3 is 0 Å². The van der Waals surface area contributed by atoms with Crippen LogP contribution >= 0.6 is 0 Å². The Morgan fingerprint density at radius 1 is 1.60 bits per heavy atom. The lowest BCUT2D eigenvalue weighted by molar-refractivity contribution is -0.138. The predicted octanol–water partition coefficient (Wildman–Crippen LogP) is -0.802. The molecular formula is C6H9NO3. The van der Waals surface area contributed by atoms with Crippen LogP contribution in [0.1, 0.15) is 6.42 Å². The molecule has 0 aromatic rings. The van der Waals surface area contributed by atoms with Crippen LogP contribution in [0.25, 0.3) is 0 Å². The predicted molar refractivity (Wildman–Crippen MR) is 35.0 cm³/mol. The van der Waals surface area contributed by atoms with Gasteiger partial charge in [0.25, 0.3) is 5.91 Å². The molecule has 0 spiro atoms. The van der Waals surface area contributed by atoms with Gasteiger partial charge in [0, 0.05) is 6.42 Å². The van der Waals surface area contributed by atoms with Gasteiger partial charge in [0.15, 0.2) is 0 Å². The van der Waals surface area contributed by atoms with Gasteiger partial charge in [0.2, 0.25) is 5.78 Å². The highest BCUT2D eigenvalue weighted by Gasteiger charge is 2.08. The van der Waals surface area contributed by atoms with Gasteiger partial charge in [-0.2, -0.15) is 0 Å². The summed E-state index contributed by atoms with van der Waals surface area (Å²) < 4.78 is 0. The molecule has 0 saturated heterocycles. The van der Waals surface area contributed by atoms with Gasteiger partial charge in [-0.25, -0.2) is 0 Å². The van der Waals surface area contributed by atoms with Gasteiger partial charge < -0.3 is 10.4 Å². The zero-order valence-corrected chi connectivity index (χ0v) is 5.46. The van der Waals surface area contributed by atoms with Crippen LogP contribution in [0.5, 0.6) is 0 Å². The Kier molecular flexibility index (Phi) is 4.15. The first kappa shape index (κ1) is 8.84. The fourth-order valence-electron chi connectivity index (χ4n) is 0.394. The van der Waals surface area contributed by atoms with E-state index in [-0.39, 0.29) is 6.42 Å². The molecule has 0 unspecified atom stereocenters. The van der Waals surface area contributed by atoms with Crippen molar-refractivity contribution in [2.24, 2.45) is 0 Å². The number of carbonyl (C=O) groups is 2. The maximum atomic E-state index is 10.5. The van der Waals surface area contributed by atoms with Crippen LogP contribution < -0.4 is 5.32 Å². The van der Waals surface area contributed by atoms with E-state index in [4.69, 9.17) is 5.11 Å². The van der Waals surface area contributed by atoms with Crippen molar-refractivity contribution < 1.29 is 14.7 Å². The van der Waals surface area contributed by atoms with Crippen molar-refractivity contribution in [3.8, 4) is 0 Å². The molecule has 0 atom stereocenters. The Morgan fingerprint density at radius 2 is 2.20 bits per heavy atom. The summed E-state index contributed by atoms with van der Waals surface area (Å²) in [4.78, 5) is 21.0. The van der Waals surface area contributed by atoms with Crippen molar-refractivity contribution in [2.75, 3.05) is 6.73 Å². The number of aliphatic hydroxyl groups is 1. The Morgan fingerprint density at radius 3 is 2.60 bits per heavy atom. The average Bonchev–Trinajstić information content (AvgIpc) is 1.89. The number of Topliss-reactive ketones (excluding diaryl/α,β-unsaturated/α-hetero) is 1. The Hall–Kier alpha value is -1.16. The highest BCUT2D eigenvalue weighted by atomic mass is 16.3. The number of aliphatic hydroxyl groups excluding tert-OH is 1. The summed E-state index contributed by atoms with van der Waals surface area (Å²) in [6.07, 6.45) is 1.34. The summed E-state index contributed by atoms with van der Waals surface area (Å²) in [6.45, 7) is 2.77. The minimum atomic E-state index is -0.776. The lowest BCUT2D eigenvalue weighted by atomic mass is 10.3. The number of carbonyl (C=O) groups excluding carboxylic acids is 2. The number of hydrogen-bond donors (Lipinski definition) is 2. The van der Waals surface area contributed by atoms with E-state index in [1.165, 1.54) is 6.08 Å². The second-order valence-electron chi connectivity index (χ2n) is 1.58. The van der Waals surface area contributed by atoms with E-state index >= 15 is 0 Å². The minimum absolute atomic E-state index is 0.00579. The van der Waals surface area contributed by atoms with Crippen LogP contribution in [0.15, 0.2) is 12.7 Å². The van der Waals surface area contributed by atoms with E-state index in [0.717, 1.165) is 0 Å². The van der Waals surface area contributed by atoms with E-state index in [1.807, 2.05) is 5.32 Å². The lowest BCUT2D eigenvalue weighted by Gasteiger charge is -1.95. The van der Waals surface area contributed by atoms with Gasteiger partial charge in [-0.1, -0.05) is 6.08 Å². The largest absolute Gasteiger partial charge is 0.376 e. The van der Waals surface area contributed by atoms with Gasteiger partial charge in [0.05, 0.1) is 0 Å². The molecule has 0 aromatic carbocycles. The zero-order chi connectivity index (χ0) is 7.98. The molecule has 56 valence electrons. The maximum Gasteiger partial charge on any atom is 0.289 e. The van der Waals surface area contributed by atoms with Crippen molar-refractivity contribution in [3.63, 3.8) is 0 Å². The summed E-state index contributed by atoms with van der Waals surface area (Å²) in [6, 6.07) is 0. The fraction of sp³-hybridized carbons (Fsp3) is 0.333. The molecular weight excluding hydrogens is 134 g/mol. The van der Waals surface area contributed by atoms with E-state index in [1.54, 1.807) is 0 Å². The van der Waals surface area contributed by atoms with E-state index in [2.05, 4.69) is 6.58 Å². The van der Waals surface area contributed by atoms with Crippen LogP contribution in [0.4, 0.5) is 0 Å². The Balaban J connectivity index is 3.70. The highest BCUT2D eigenvalue weighted by Crippen LogP contribution is 1.82. The minimum Gasteiger partial charge on any atom is -0.376 e. The molecule has 0 heterocycles. The normalized spacial score (nSPS) is 8.50. The first-order valence-corrected chi connectivity index (χ1v) is 2.75. The smallest absolute Gasteiger partial charge is 0.289 e. The Bertz CT molecular complexity index is 153. The van der Waals surface area contributed by atoms with E-state index in [9.17, 15) is 9.59 Å². The second kappa shape index (κ2) is 4.69. The van der Waals surface area contributed by atoms with Crippen LogP contribution in [-0.2, 0) is 9.59 Å². The Labute approximate surface area is 58.5 Å². The molecule has 10 heavy (non-hydrogen) atoms. The second-order valence-corrected chi connectivity index (χ2v) is 1.58. The third kappa shape index (κ3) is 2.99. The molecule has 0 bridgehead atoms. The third-order valence-electron chi connectivity index (χ3n) is 0.823. The molecule has 0 aromatic heterocycles. The number of nitrogens with one attached hydrogen (secondary N) is 1. The van der Waals surface area contributed by atoms with Gasteiger partial charge in [-0.15, -0.1) is 6.58 Å². The quantitative estimate of drug-likeness (QED) is 0.307. The molecule has 0 aliphatic rings. The highest BCUT2D eigenvalue weighted by molar-refractivity contribution is 6.36. The zero-order valence-electron chi connectivity index (χ0n) is 5.46. The number of allylic oxidation sites excluding steroid dienone is 1. The summed E-state index contributed by atoms with van der Waals surface area (Å²) in [5, 5.41) is 10.1. The summed E-state index contributed by atoms with van der Waals surface area (Å²) in [7, 11) is 0. The van der Waals surface area contributed by atoms with Crippen molar-refractivity contribution in [2.45, 2.75) is 6.42 Å². The average molecular weight is 143 g/mol. The van der Waals surface area contributed by atoms with E-state index in [0.29, 0.717) is 0 Å². The molecule has 0 radical (unpaired) electrons. The number of rotatable bonds is 4. The molecule has 0 saturated carbocycles. The molecule has 0 rings (SSSR count). The van der Waals surface area contributed by atoms with Gasteiger partial charge in [0.1, 0.15) is 6.73 Å². The molecule has 0 fully saturated rings. The van der Waals surface area contributed by atoms with Crippen molar-refractivity contribution in [1.29, 1.82) is 0 Å². The third-order valence-corrected chi connectivity index (χ3v) is 0.823. The van der Waals surface area contributed by atoms with Crippen molar-refractivity contribution in [3.05, 3.63) is 12.7 Å². The van der Waals surface area contributed by atoms with Crippen LogP contribution in [-0.4, -0.2) is 23.5 Å². The first-order valence-electron chi connectivity index (χ1n) is 2.75. The standard InChI is InChI=1S/C6H9NO3/c1-2-3-5(9)6(10)7-4-8/h2,8H,1,3-4H2,(H,7,10). The number of amides is 1. The lowest BCUT2D eigenvalue weighted by Crippen LogP contribution is -2.31. The van der Waals surface area contributed by atoms with Crippen molar-refractivity contribution >= 4 is 11.7 Å². The molecule has 2 N–H and O–H groups in total. The van der Waals surface area contributed by atoms with Crippen LogP contribution in [0.3, 0.4) is 0 Å². The molecule has 4 nitrogen and oxygen atoms in total. The van der Waals surface area contributed by atoms with Gasteiger partial charge in [-0.3, -0.25) is 9.59 Å². The summed E-state index contributed by atoms with van der Waals surface area (Å²) >= 11 is 0. The fourth-order valence-corrected chi connectivity index (χ4v) is 0.394. The summed E-state index contributed by atoms with van der Waals surface area (Å²) in [5.41, 5.74) is 0. The van der Waals surface area contributed by atoms with Crippen LogP contribution in [0.2, 0.25) is 0 Å².